The number of anilines is 1. The molecule has 3 rings (SSSR count). The number of aromatic nitrogens is 2. The Labute approximate surface area is 156 Å². The van der Waals surface area contributed by atoms with Gasteiger partial charge in [0, 0.05) is 36.0 Å². The van der Waals surface area contributed by atoms with Gasteiger partial charge in [-0.3, -0.25) is 0 Å². The van der Waals surface area contributed by atoms with E-state index in [9.17, 15) is 0 Å². The van der Waals surface area contributed by atoms with E-state index in [0.717, 1.165) is 25.3 Å². The molecule has 1 aromatic heterocycles. The largest absolute Gasteiger partial charge is 0.368 e. The number of rotatable bonds is 7. The Bertz CT molecular complexity index is 756. The van der Waals surface area contributed by atoms with Crippen molar-refractivity contribution in [3.8, 4) is 0 Å². The molecule has 0 fully saturated rings. The van der Waals surface area contributed by atoms with Crippen LogP contribution in [0, 0.1) is 0 Å². The van der Waals surface area contributed by atoms with Crippen LogP contribution in [0.25, 0.3) is 0 Å². The number of nitrogens with zero attached hydrogens (tertiary/aromatic N) is 6. The van der Waals surface area contributed by atoms with Crippen LogP contribution >= 0.6 is 23.7 Å². The molecule has 0 amide bonds. The smallest absolute Gasteiger partial charge is 0.243 e. The van der Waals surface area contributed by atoms with Crippen LogP contribution in [0.5, 0.6) is 0 Å². The van der Waals surface area contributed by atoms with Gasteiger partial charge in [0.05, 0.1) is 25.5 Å². The van der Waals surface area contributed by atoms with Crippen LogP contribution in [0.3, 0.4) is 0 Å². The van der Waals surface area contributed by atoms with Crippen molar-refractivity contribution in [2.24, 2.45) is 17.3 Å². The molecule has 2 aromatic rings. The number of nitrogens with one attached hydrogen (secondary N) is 1. The summed E-state index contributed by atoms with van der Waals surface area (Å²) in [5, 5.41) is 9.11. The van der Waals surface area contributed by atoms with Crippen molar-refractivity contribution in [1.29, 1.82) is 0 Å². The number of aryl methyl sites for hydroxylation is 1. The minimum atomic E-state index is 0.717. The van der Waals surface area contributed by atoms with Crippen LogP contribution < -0.4 is 14.3 Å². The van der Waals surface area contributed by atoms with Crippen LogP contribution in [-0.2, 0) is 13.6 Å². The molecule has 25 heavy (non-hydrogen) atoms. The number of likely N-dealkylation sites (N-methyl/N-ethyl adjacent to an activating group) is 1. The van der Waals surface area contributed by atoms with E-state index >= 15 is 0 Å². The molecule has 0 saturated carbocycles. The highest BCUT2D eigenvalue weighted by Crippen LogP contribution is 2.26. The summed E-state index contributed by atoms with van der Waals surface area (Å²) in [4.78, 5) is 5.16. The fraction of sp³-hybridized carbons (Fsp3) is 0.312. The van der Waals surface area contributed by atoms with E-state index in [1.54, 1.807) is 6.20 Å². The molecule has 0 aliphatic carbocycles. The average molecular weight is 379 g/mol. The van der Waals surface area contributed by atoms with E-state index in [-0.39, 0.29) is 0 Å². The Balaban J connectivity index is 1.59. The minimum Gasteiger partial charge on any atom is -0.368 e. The summed E-state index contributed by atoms with van der Waals surface area (Å²) in [6, 6.07) is 8.11. The molecule has 0 saturated heterocycles. The molecule has 0 bridgehead atoms. The second-order valence-corrected chi connectivity index (χ2v) is 6.75. The van der Waals surface area contributed by atoms with Gasteiger partial charge >= 0.3 is 0 Å². The van der Waals surface area contributed by atoms with Crippen molar-refractivity contribution in [1.82, 2.24) is 13.9 Å². The SMILES string of the molecule is CCN(CCn1cc[n+](C)c1)c1ccc(N=NC2=CN(Cl)NS2)cc1. The zero-order valence-corrected chi connectivity index (χ0v) is 15.8. The van der Waals surface area contributed by atoms with Crippen molar-refractivity contribution in [2.45, 2.75) is 13.5 Å². The molecule has 9 heteroatoms. The number of halogens is 1. The van der Waals surface area contributed by atoms with E-state index in [2.05, 4.69) is 56.1 Å². The zero-order valence-electron chi connectivity index (χ0n) is 14.2. The number of hydrogen-bond acceptors (Lipinski definition) is 6. The second-order valence-electron chi connectivity index (χ2n) is 5.58. The first-order chi connectivity index (χ1) is 12.1. The maximum Gasteiger partial charge on any atom is 0.243 e. The molecule has 0 spiro atoms. The summed E-state index contributed by atoms with van der Waals surface area (Å²) >= 11 is 7.07. The Morgan fingerprint density at radius 1 is 1.28 bits per heavy atom. The molecule has 1 aliphatic rings. The quantitative estimate of drug-likeness (QED) is 0.347. The molecule has 0 unspecified atom stereocenters. The third kappa shape index (κ3) is 4.97. The molecule has 0 atom stereocenters. The maximum absolute atomic E-state index is 5.75. The summed E-state index contributed by atoms with van der Waals surface area (Å²) in [7, 11) is 2.03. The van der Waals surface area contributed by atoms with Gasteiger partial charge in [-0.25, -0.2) is 13.7 Å². The number of hydrogen-bond donors (Lipinski definition) is 1. The third-order valence-electron chi connectivity index (χ3n) is 3.77. The monoisotopic (exact) mass is 378 g/mol. The number of azo groups is 1. The fourth-order valence-corrected chi connectivity index (χ4v) is 3.19. The highest BCUT2D eigenvalue weighted by molar-refractivity contribution is 8.01. The topological polar surface area (TPSA) is 52.0 Å². The van der Waals surface area contributed by atoms with Crippen LogP contribution in [0.2, 0.25) is 0 Å². The summed E-state index contributed by atoms with van der Waals surface area (Å²) in [5.41, 5.74) is 1.99. The molecule has 132 valence electrons. The molecule has 0 radical (unpaired) electrons. The predicted molar refractivity (Wildman–Crippen MR) is 101 cm³/mol. The van der Waals surface area contributed by atoms with Crippen molar-refractivity contribution in [3.63, 3.8) is 0 Å². The van der Waals surface area contributed by atoms with Gasteiger partial charge in [0.15, 0.2) is 5.03 Å². The molecule has 7 nitrogen and oxygen atoms in total. The van der Waals surface area contributed by atoms with Gasteiger partial charge in [-0.1, -0.05) is 0 Å². The van der Waals surface area contributed by atoms with E-state index in [1.807, 2.05) is 29.9 Å². The van der Waals surface area contributed by atoms with Crippen LogP contribution in [0.4, 0.5) is 11.4 Å². The van der Waals surface area contributed by atoms with Gasteiger partial charge in [-0.05, 0) is 31.2 Å². The lowest BCUT2D eigenvalue weighted by Gasteiger charge is -2.22. The second kappa shape index (κ2) is 8.37. The lowest BCUT2D eigenvalue weighted by molar-refractivity contribution is -0.671. The lowest BCUT2D eigenvalue weighted by atomic mass is 10.2. The summed E-state index contributed by atoms with van der Waals surface area (Å²) in [5.74, 6) is 0. The highest BCUT2D eigenvalue weighted by atomic mass is 35.5. The van der Waals surface area contributed by atoms with Crippen LogP contribution in [0.1, 0.15) is 6.92 Å². The summed E-state index contributed by atoms with van der Waals surface area (Å²) in [6.07, 6.45) is 7.89. The molecular formula is C16H21ClN7S+. The summed E-state index contributed by atoms with van der Waals surface area (Å²) in [6.45, 7) is 5.02. The Kier molecular flexibility index (Phi) is 5.95. The van der Waals surface area contributed by atoms with Crippen molar-refractivity contribution in [3.05, 3.63) is 54.2 Å². The van der Waals surface area contributed by atoms with E-state index < -0.39 is 0 Å². The normalized spacial score (nSPS) is 14.4. The molecule has 1 N–H and O–H groups in total. The van der Waals surface area contributed by atoms with Gasteiger partial charge in [-0.15, -0.1) is 10.2 Å². The molecule has 1 aliphatic heterocycles. The van der Waals surface area contributed by atoms with E-state index in [4.69, 9.17) is 11.8 Å². The fourth-order valence-electron chi connectivity index (χ4n) is 2.46. The third-order valence-corrected chi connectivity index (χ3v) is 4.74. The molecule has 2 heterocycles. The lowest BCUT2D eigenvalue weighted by Crippen LogP contribution is -2.28. The number of benzene rings is 1. The first-order valence-electron chi connectivity index (χ1n) is 8.01. The van der Waals surface area contributed by atoms with Gasteiger partial charge in [0.2, 0.25) is 6.33 Å². The van der Waals surface area contributed by atoms with E-state index in [1.165, 1.54) is 22.2 Å². The van der Waals surface area contributed by atoms with Crippen molar-refractivity contribution >= 4 is 35.1 Å². The number of imidazole rings is 1. The van der Waals surface area contributed by atoms with Gasteiger partial charge in [0.1, 0.15) is 18.9 Å². The standard InChI is InChI=1S/C16H21ClN7S/c1-3-23(11-10-22-9-8-21(2)13-22)15-6-4-14(5-7-15)18-19-16-12-24(17)20-25-16/h4-9,12-13,20H,3,10-11H2,1-2H3/q+1. The molecular weight excluding hydrogens is 358 g/mol. The van der Waals surface area contributed by atoms with Gasteiger partial charge < -0.3 is 4.90 Å². The highest BCUT2D eigenvalue weighted by Gasteiger charge is 2.10. The van der Waals surface area contributed by atoms with Crippen molar-refractivity contribution < 1.29 is 4.57 Å². The zero-order chi connectivity index (χ0) is 17.6. The number of hydrazine groups is 1. The van der Waals surface area contributed by atoms with Crippen LogP contribution in [0.15, 0.2) is 64.4 Å². The van der Waals surface area contributed by atoms with Gasteiger partial charge in [0.25, 0.3) is 0 Å². The summed E-state index contributed by atoms with van der Waals surface area (Å²) < 4.78 is 5.56. The Morgan fingerprint density at radius 2 is 2.08 bits per heavy atom. The van der Waals surface area contributed by atoms with Crippen LogP contribution in [-0.4, -0.2) is 22.2 Å². The van der Waals surface area contributed by atoms with E-state index in [0.29, 0.717) is 5.03 Å². The first-order valence-corrected chi connectivity index (χ1v) is 9.16. The average Bonchev–Trinajstić information content (AvgIpc) is 3.23. The minimum absolute atomic E-state index is 0.717. The predicted octanol–water partition coefficient (Wildman–Crippen LogP) is 3.34. The van der Waals surface area contributed by atoms with Gasteiger partial charge in [-0.2, -0.15) is 4.83 Å². The Hall–Kier alpha value is -2.03. The maximum atomic E-state index is 5.75. The molecule has 1 aromatic carbocycles. The first kappa shape index (κ1) is 17.8. The van der Waals surface area contributed by atoms with Crippen molar-refractivity contribution in [2.75, 3.05) is 18.0 Å². The Morgan fingerprint density at radius 3 is 2.68 bits per heavy atom.